The monoisotopic (exact) mass is 396 g/mol. The van der Waals surface area contributed by atoms with Crippen molar-refractivity contribution >= 4 is 34.7 Å². The van der Waals surface area contributed by atoms with Crippen LogP contribution in [0.15, 0.2) is 57.1 Å². The number of hydrogen-bond donors (Lipinski definition) is 1. The standard InChI is InChI=1S/C21H20N2O2S2/c1-13-9-17(27-21-22-14(2)12-26-21)7-8-18(13)23-20(24)16-10-15-5-3-4-6-19(15)25-11-16/h3-9,12,16H,10-11H2,1-2H3,(H,23,24). The SMILES string of the molecule is Cc1csc(Sc2ccc(NC(=O)C3COc4ccccc4C3)c(C)c2)n1. The summed E-state index contributed by atoms with van der Waals surface area (Å²) in [5.41, 5.74) is 4.02. The Morgan fingerprint density at radius 3 is 2.89 bits per heavy atom. The zero-order valence-electron chi connectivity index (χ0n) is 15.2. The minimum Gasteiger partial charge on any atom is -0.492 e. The Kier molecular flexibility index (Phi) is 5.18. The van der Waals surface area contributed by atoms with Gasteiger partial charge in [0.25, 0.3) is 0 Å². The molecule has 3 aromatic rings. The molecule has 1 atom stereocenters. The number of ether oxygens (including phenoxy) is 1. The number of amides is 1. The van der Waals surface area contributed by atoms with Crippen LogP contribution in [0.25, 0.3) is 0 Å². The van der Waals surface area contributed by atoms with Crippen molar-refractivity contribution in [3.05, 3.63) is 64.7 Å². The first-order valence-corrected chi connectivity index (χ1v) is 10.5. The summed E-state index contributed by atoms with van der Waals surface area (Å²) in [6, 6.07) is 14.0. The van der Waals surface area contributed by atoms with E-state index in [-0.39, 0.29) is 11.8 Å². The number of para-hydroxylation sites is 1. The first-order valence-electron chi connectivity index (χ1n) is 8.80. The van der Waals surface area contributed by atoms with E-state index in [1.807, 2.05) is 55.6 Å². The molecular weight excluding hydrogens is 376 g/mol. The van der Waals surface area contributed by atoms with E-state index in [1.54, 1.807) is 23.1 Å². The van der Waals surface area contributed by atoms with Crippen molar-refractivity contribution in [2.75, 3.05) is 11.9 Å². The van der Waals surface area contributed by atoms with Gasteiger partial charge in [-0.05, 0) is 55.7 Å². The van der Waals surface area contributed by atoms with Gasteiger partial charge in [-0.2, -0.15) is 0 Å². The van der Waals surface area contributed by atoms with Gasteiger partial charge < -0.3 is 10.1 Å². The molecule has 0 aliphatic carbocycles. The van der Waals surface area contributed by atoms with Crippen LogP contribution in [0.4, 0.5) is 5.69 Å². The Balaban J connectivity index is 1.42. The van der Waals surface area contributed by atoms with Gasteiger partial charge >= 0.3 is 0 Å². The molecule has 0 spiro atoms. The molecule has 2 aromatic carbocycles. The van der Waals surface area contributed by atoms with Crippen LogP contribution in [0.2, 0.25) is 0 Å². The Morgan fingerprint density at radius 2 is 2.11 bits per heavy atom. The molecule has 0 saturated carbocycles. The van der Waals surface area contributed by atoms with Crippen molar-refractivity contribution in [3.63, 3.8) is 0 Å². The number of anilines is 1. The molecule has 1 aliphatic heterocycles. The fourth-order valence-corrected chi connectivity index (χ4v) is 4.96. The summed E-state index contributed by atoms with van der Waals surface area (Å²) in [5, 5.41) is 5.11. The Hall–Kier alpha value is -2.31. The highest BCUT2D eigenvalue weighted by Crippen LogP contribution is 2.33. The van der Waals surface area contributed by atoms with E-state index in [0.29, 0.717) is 13.0 Å². The minimum atomic E-state index is -0.174. The average Bonchev–Trinajstić information content (AvgIpc) is 3.08. The Bertz CT molecular complexity index is 984. The molecule has 4 rings (SSSR count). The van der Waals surface area contributed by atoms with Crippen LogP contribution in [0.1, 0.15) is 16.8 Å². The second-order valence-corrected chi connectivity index (χ2v) is 8.82. The number of nitrogens with zero attached hydrogens (tertiary/aromatic N) is 1. The van der Waals surface area contributed by atoms with Gasteiger partial charge in [0.2, 0.25) is 5.91 Å². The number of aryl methyl sites for hydroxylation is 2. The fourth-order valence-electron chi connectivity index (χ4n) is 3.05. The van der Waals surface area contributed by atoms with E-state index >= 15 is 0 Å². The normalized spacial score (nSPS) is 15.7. The maximum Gasteiger partial charge on any atom is 0.231 e. The smallest absolute Gasteiger partial charge is 0.231 e. The Morgan fingerprint density at radius 1 is 1.26 bits per heavy atom. The van der Waals surface area contributed by atoms with Gasteiger partial charge in [0.1, 0.15) is 12.4 Å². The summed E-state index contributed by atoms with van der Waals surface area (Å²) in [7, 11) is 0. The first kappa shape index (κ1) is 18.1. The molecule has 0 bridgehead atoms. The van der Waals surface area contributed by atoms with Crippen molar-refractivity contribution in [2.45, 2.75) is 29.5 Å². The lowest BCUT2D eigenvalue weighted by atomic mass is 9.96. The molecule has 1 N–H and O–H groups in total. The predicted octanol–water partition coefficient (Wildman–Crippen LogP) is 5.10. The molecule has 6 heteroatoms. The quantitative estimate of drug-likeness (QED) is 0.666. The summed E-state index contributed by atoms with van der Waals surface area (Å²) >= 11 is 3.29. The number of carbonyl (C=O) groups is 1. The highest BCUT2D eigenvalue weighted by Gasteiger charge is 2.26. The van der Waals surface area contributed by atoms with Crippen LogP contribution in [-0.4, -0.2) is 17.5 Å². The number of carbonyl (C=O) groups excluding carboxylic acids is 1. The maximum atomic E-state index is 12.7. The van der Waals surface area contributed by atoms with Gasteiger partial charge in [-0.1, -0.05) is 30.0 Å². The lowest BCUT2D eigenvalue weighted by Gasteiger charge is -2.24. The molecule has 1 amide bonds. The maximum absolute atomic E-state index is 12.7. The predicted molar refractivity (Wildman–Crippen MR) is 110 cm³/mol. The van der Waals surface area contributed by atoms with E-state index < -0.39 is 0 Å². The van der Waals surface area contributed by atoms with Gasteiger partial charge in [-0.3, -0.25) is 4.79 Å². The minimum absolute atomic E-state index is 0.00329. The van der Waals surface area contributed by atoms with Crippen molar-refractivity contribution in [2.24, 2.45) is 5.92 Å². The number of hydrogen-bond acceptors (Lipinski definition) is 5. The van der Waals surface area contributed by atoms with Gasteiger partial charge in [0, 0.05) is 21.7 Å². The second-order valence-electron chi connectivity index (χ2n) is 6.64. The van der Waals surface area contributed by atoms with Crippen molar-refractivity contribution in [1.29, 1.82) is 0 Å². The summed E-state index contributed by atoms with van der Waals surface area (Å²) < 4.78 is 6.77. The molecule has 2 heterocycles. The zero-order valence-corrected chi connectivity index (χ0v) is 16.8. The molecule has 138 valence electrons. The fraction of sp³-hybridized carbons (Fsp3) is 0.238. The van der Waals surface area contributed by atoms with E-state index in [0.717, 1.165) is 37.5 Å². The van der Waals surface area contributed by atoms with Crippen molar-refractivity contribution in [3.8, 4) is 5.75 Å². The topological polar surface area (TPSA) is 51.2 Å². The lowest BCUT2D eigenvalue weighted by Crippen LogP contribution is -2.32. The van der Waals surface area contributed by atoms with E-state index in [9.17, 15) is 4.79 Å². The number of thiazole rings is 1. The van der Waals surface area contributed by atoms with Gasteiger partial charge in [0.05, 0.1) is 5.92 Å². The molecule has 1 unspecified atom stereocenters. The first-order chi connectivity index (χ1) is 13.1. The third kappa shape index (κ3) is 4.17. The molecule has 27 heavy (non-hydrogen) atoms. The lowest BCUT2D eigenvalue weighted by molar-refractivity contribution is -0.121. The van der Waals surface area contributed by atoms with E-state index in [1.165, 1.54) is 0 Å². The third-order valence-electron chi connectivity index (χ3n) is 4.51. The molecule has 0 fully saturated rings. The van der Waals surface area contributed by atoms with Crippen LogP contribution in [0.5, 0.6) is 5.75 Å². The van der Waals surface area contributed by atoms with Crippen molar-refractivity contribution in [1.82, 2.24) is 4.98 Å². The highest BCUT2D eigenvalue weighted by molar-refractivity contribution is 8.01. The molecule has 0 saturated heterocycles. The van der Waals surface area contributed by atoms with E-state index in [2.05, 4.69) is 16.4 Å². The molecule has 4 nitrogen and oxygen atoms in total. The second kappa shape index (κ2) is 7.74. The summed E-state index contributed by atoms with van der Waals surface area (Å²) in [5.74, 6) is 0.715. The molecule has 0 radical (unpaired) electrons. The van der Waals surface area contributed by atoms with Gasteiger partial charge in [-0.25, -0.2) is 4.98 Å². The van der Waals surface area contributed by atoms with Crippen molar-refractivity contribution < 1.29 is 9.53 Å². The number of nitrogens with one attached hydrogen (secondary N) is 1. The number of aromatic nitrogens is 1. The molecule has 1 aliphatic rings. The van der Waals surface area contributed by atoms with Crippen LogP contribution >= 0.6 is 23.1 Å². The van der Waals surface area contributed by atoms with Crippen LogP contribution in [-0.2, 0) is 11.2 Å². The number of benzene rings is 2. The number of fused-ring (bicyclic) bond motifs is 1. The number of rotatable bonds is 4. The summed E-state index contributed by atoms with van der Waals surface area (Å²) in [6.07, 6.45) is 0.707. The summed E-state index contributed by atoms with van der Waals surface area (Å²) in [6.45, 7) is 4.43. The van der Waals surface area contributed by atoms with Crippen LogP contribution < -0.4 is 10.1 Å². The highest BCUT2D eigenvalue weighted by atomic mass is 32.2. The largest absolute Gasteiger partial charge is 0.492 e. The zero-order chi connectivity index (χ0) is 18.8. The summed E-state index contributed by atoms with van der Waals surface area (Å²) in [4.78, 5) is 18.3. The molecular formula is C21H20N2O2S2. The van der Waals surface area contributed by atoms with Gasteiger partial charge in [0.15, 0.2) is 4.34 Å². The third-order valence-corrected chi connectivity index (χ3v) is 6.55. The average molecular weight is 397 g/mol. The Labute approximate surface area is 167 Å². The van der Waals surface area contributed by atoms with E-state index in [4.69, 9.17) is 4.74 Å². The van der Waals surface area contributed by atoms with Crippen LogP contribution in [0.3, 0.4) is 0 Å². The van der Waals surface area contributed by atoms with Crippen LogP contribution in [0, 0.1) is 19.8 Å². The van der Waals surface area contributed by atoms with Gasteiger partial charge in [-0.15, -0.1) is 11.3 Å². The molecule has 1 aromatic heterocycles.